The molecular formula is C14H18N2O2. The average Bonchev–Trinajstić information content (AvgIpc) is 2.63. The van der Waals surface area contributed by atoms with E-state index in [-0.39, 0.29) is 5.54 Å². The zero-order valence-electron chi connectivity index (χ0n) is 11.2. The van der Waals surface area contributed by atoms with Crippen molar-refractivity contribution in [2.45, 2.75) is 32.7 Å². The van der Waals surface area contributed by atoms with Gasteiger partial charge in [-0.25, -0.2) is 0 Å². The summed E-state index contributed by atoms with van der Waals surface area (Å²) >= 11 is 0. The van der Waals surface area contributed by atoms with Gasteiger partial charge >= 0.3 is 0 Å². The first kappa shape index (κ1) is 12.6. The zero-order valence-corrected chi connectivity index (χ0v) is 11.2. The standard InChI is InChI=1S/C14H18N2O2/c1-5-14(2,3)16(4)9-6-7-10-11(8-9)15-13(18)12(10)17/h6-8H,5H2,1-4H3,(H,15,17,18). The lowest BCUT2D eigenvalue weighted by molar-refractivity contribution is -0.112. The first-order chi connectivity index (χ1) is 8.36. The van der Waals surface area contributed by atoms with Crippen molar-refractivity contribution in [2.24, 2.45) is 0 Å². The first-order valence-corrected chi connectivity index (χ1v) is 6.10. The summed E-state index contributed by atoms with van der Waals surface area (Å²) in [4.78, 5) is 25.0. The maximum absolute atomic E-state index is 11.5. The molecule has 4 heteroatoms. The van der Waals surface area contributed by atoms with Crippen LogP contribution < -0.4 is 10.2 Å². The molecule has 1 aliphatic heterocycles. The van der Waals surface area contributed by atoms with Crippen molar-refractivity contribution in [1.29, 1.82) is 0 Å². The summed E-state index contributed by atoms with van der Waals surface area (Å²) in [6.45, 7) is 6.45. The second-order valence-corrected chi connectivity index (χ2v) is 5.24. The lowest BCUT2D eigenvalue weighted by atomic mass is 9.98. The molecule has 1 aromatic carbocycles. The van der Waals surface area contributed by atoms with Crippen LogP contribution in [0.1, 0.15) is 37.6 Å². The summed E-state index contributed by atoms with van der Waals surface area (Å²) in [5.74, 6) is -0.992. The number of benzene rings is 1. The Labute approximate surface area is 107 Å². The molecular weight excluding hydrogens is 228 g/mol. The van der Waals surface area contributed by atoms with Gasteiger partial charge in [-0.2, -0.15) is 0 Å². The largest absolute Gasteiger partial charge is 0.369 e. The Morgan fingerprint density at radius 3 is 2.56 bits per heavy atom. The number of hydrogen-bond acceptors (Lipinski definition) is 3. The van der Waals surface area contributed by atoms with Crippen LogP contribution in [0.3, 0.4) is 0 Å². The van der Waals surface area contributed by atoms with Gasteiger partial charge < -0.3 is 10.2 Å². The van der Waals surface area contributed by atoms with E-state index in [1.165, 1.54) is 0 Å². The monoisotopic (exact) mass is 246 g/mol. The Bertz CT molecular complexity index is 521. The van der Waals surface area contributed by atoms with Gasteiger partial charge in [0.15, 0.2) is 0 Å². The van der Waals surface area contributed by atoms with Crippen LogP contribution in [-0.2, 0) is 4.79 Å². The van der Waals surface area contributed by atoms with Crippen LogP contribution in [0.25, 0.3) is 0 Å². The van der Waals surface area contributed by atoms with Crippen molar-refractivity contribution in [2.75, 3.05) is 17.3 Å². The predicted molar refractivity (Wildman–Crippen MR) is 72.2 cm³/mol. The summed E-state index contributed by atoms with van der Waals surface area (Å²) < 4.78 is 0. The highest BCUT2D eigenvalue weighted by atomic mass is 16.2. The van der Waals surface area contributed by atoms with E-state index in [1.54, 1.807) is 6.07 Å². The number of carbonyl (C=O) groups excluding carboxylic acids is 2. The number of ketones is 1. The third-order valence-electron chi connectivity index (χ3n) is 3.86. The molecule has 1 aliphatic rings. The Hall–Kier alpha value is -1.84. The number of rotatable bonds is 3. The van der Waals surface area contributed by atoms with Gasteiger partial charge in [-0.3, -0.25) is 9.59 Å². The molecule has 0 saturated carbocycles. The molecule has 0 atom stereocenters. The van der Waals surface area contributed by atoms with E-state index in [0.717, 1.165) is 12.1 Å². The van der Waals surface area contributed by atoms with Gasteiger partial charge in [-0.05, 0) is 38.5 Å². The quantitative estimate of drug-likeness (QED) is 0.833. The van der Waals surface area contributed by atoms with E-state index in [1.807, 2.05) is 19.2 Å². The number of nitrogens with zero attached hydrogens (tertiary/aromatic N) is 1. The molecule has 1 amide bonds. The van der Waals surface area contributed by atoms with Gasteiger partial charge in [0.2, 0.25) is 0 Å². The molecule has 0 unspecified atom stereocenters. The number of carbonyl (C=O) groups is 2. The van der Waals surface area contributed by atoms with E-state index >= 15 is 0 Å². The molecule has 18 heavy (non-hydrogen) atoms. The van der Waals surface area contributed by atoms with Crippen molar-refractivity contribution in [1.82, 2.24) is 0 Å². The van der Waals surface area contributed by atoms with Crippen LogP contribution in [0.5, 0.6) is 0 Å². The lowest BCUT2D eigenvalue weighted by Gasteiger charge is -2.37. The summed E-state index contributed by atoms with van der Waals surface area (Å²) in [6, 6.07) is 5.46. The van der Waals surface area contributed by atoms with Gasteiger partial charge in [0.05, 0.1) is 11.3 Å². The summed E-state index contributed by atoms with van der Waals surface area (Å²) in [5, 5.41) is 2.60. The zero-order chi connectivity index (χ0) is 13.5. The first-order valence-electron chi connectivity index (χ1n) is 6.10. The summed E-state index contributed by atoms with van der Waals surface area (Å²) in [5.41, 5.74) is 2.10. The van der Waals surface area contributed by atoms with Gasteiger partial charge in [-0.1, -0.05) is 6.92 Å². The number of fused-ring (bicyclic) bond motifs is 1. The molecule has 2 rings (SSSR count). The molecule has 1 heterocycles. The van der Waals surface area contributed by atoms with Gasteiger partial charge in [0.25, 0.3) is 11.7 Å². The molecule has 0 spiro atoms. The normalized spacial score (nSPS) is 14.4. The molecule has 0 aliphatic carbocycles. The number of hydrogen-bond donors (Lipinski definition) is 1. The number of amides is 1. The highest BCUT2D eigenvalue weighted by Gasteiger charge is 2.29. The van der Waals surface area contributed by atoms with Crippen LogP contribution in [0, 0.1) is 0 Å². The highest BCUT2D eigenvalue weighted by molar-refractivity contribution is 6.51. The van der Waals surface area contributed by atoms with E-state index < -0.39 is 11.7 Å². The minimum atomic E-state index is -0.542. The van der Waals surface area contributed by atoms with Crippen LogP contribution in [0.4, 0.5) is 11.4 Å². The van der Waals surface area contributed by atoms with Crippen LogP contribution in [-0.4, -0.2) is 24.3 Å². The minimum absolute atomic E-state index is 0.0286. The predicted octanol–water partition coefficient (Wildman–Crippen LogP) is 2.45. The number of anilines is 2. The van der Waals surface area contributed by atoms with E-state index in [4.69, 9.17) is 0 Å². The Kier molecular flexibility index (Phi) is 2.89. The molecule has 96 valence electrons. The van der Waals surface area contributed by atoms with Gasteiger partial charge in [-0.15, -0.1) is 0 Å². The summed E-state index contributed by atoms with van der Waals surface area (Å²) in [7, 11) is 2.02. The van der Waals surface area contributed by atoms with Crippen LogP contribution in [0.2, 0.25) is 0 Å². The van der Waals surface area contributed by atoms with Crippen molar-refractivity contribution in [3.8, 4) is 0 Å². The van der Waals surface area contributed by atoms with Crippen molar-refractivity contribution < 1.29 is 9.59 Å². The Balaban J connectivity index is 2.37. The second kappa shape index (κ2) is 4.12. The van der Waals surface area contributed by atoms with E-state index in [2.05, 4.69) is 31.0 Å². The Morgan fingerprint density at radius 2 is 1.94 bits per heavy atom. The fourth-order valence-corrected chi connectivity index (χ4v) is 1.93. The minimum Gasteiger partial charge on any atom is -0.369 e. The van der Waals surface area contributed by atoms with Crippen LogP contribution in [0.15, 0.2) is 18.2 Å². The average molecular weight is 246 g/mol. The SMILES string of the molecule is CCC(C)(C)N(C)c1ccc2c(c1)NC(=O)C2=O. The third-order valence-corrected chi connectivity index (χ3v) is 3.86. The highest BCUT2D eigenvalue weighted by Crippen LogP contribution is 2.31. The summed E-state index contributed by atoms with van der Waals surface area (Å²) in [6.07, 6.45) is 1.01. The molecule has 1 aromatic rings. The number of Topliss-reactive ketones (excluding diaryl/α,β-unsaturated/α-hetero) is 1. The maximum atomic E-state index is 11.5. The van der Waals surface area contributed by atoms with E-state index in [9.17, 15) is 9.59 Å². The topological polar surface area (TPSA) is 49.4 Å². The molecule has 4 nitrogen and oxygen atoms in total. The van der Waals surface area contributed by atoms with Gasteiger partial charge in [0, 0.05) is 18.3 Å². The van der Waals surface area contributed by atoms with Crippen molar-refractivity contribution >= 4 is 23.1 Å². The fraction of sp³-hybridized carbons (Fsp3) is 0.429. The smallest absolute Gasteiger partial charge is 0.296 e. The molecule has 0 fully saturated rings. The third kappa shape index (κ3) is 1.88. The molecule has 0 radical (unpaired) electrons. The Morgan fingerprint density at radius 1 is 1.28 bits per heavy atom. The van der Waals surface area contributed by atoms with Crippen molar-refractivity contribution in [3.05, 3.63) is 23.8 Å². The molecule has 0 saturated heterocycles. The molecule has 0 aromatic heterocycles. The molecule has 0 bridgehead atoms. The van der Waals surface area contributed by atoms with Crippen LogP contribution >= 0.6 is 0 Å². The fourth-order valence-electron chi connectivity index (χ4n) is 1.93. The number of nitrogens with one attached hydrogen (secondary N) is 1. The lowest BCUT2D eigenvalue weighted by Crippen LogP contribution is -2.40. The molecule has 1 N–H and O–H groups in total. The maximum Gasteiger partial charge on any atom is 0.296 e. The second-order valence-electron chi connectivity index (χ2n) is 5.24. The van der Waals surface area contributed by atoms with Crippen molar-refractivity contribution in [3.63, 3.8) is 0 Å². The van der Waals surface area contributed by atoms with E-state index in [0.29, 0.717) is 11.3 Å². The van der Waals surface area contributed by atoms with Gasteiger partial charge in [0.1, 0.15) is 0 Å².